The Kier molecular flexibility index (Phi) is 3.49. The van der Waals surface area contributed by atoms with Gasteiger partial charge in [0.15, 0.2) is 4.34 Å². The smallest absolute Gasteiger partial charge is 0.268 e. The highest BCUT2D eigenvalue weighted by atomic mass is 32.2. The molecule has 0 saturated heterocycles. The second-order valence-electron chi connectivity index (χ2n) is 3.56. The minimum absolute atomic E-state index is 0.0798. The Morgan fingerprint density at radius 1 is 1.47 bits per heavy atom. The molecule has 0 aliphatic heterocycles. The maximum atomic E-state index is 11.8. The molecule has 0 aromatic carbocycles. The summed E-state index contributed by atoms with van der Waals surface area (Å²) in [5.74, 6) is 1.22. The van der Waals surface area contributed by atoms with Crippen LogP contribution in [0.15, 0.2) is 20.6 Å². The Bertz CT molecular complexity index is 762. The first-order valence-corrected chi connectivity index (χ1v) is 8.05. The fourth-order valence-electron chi connectivity index (χ4n) is 1.49. The van der Waals surface area contributed by atoms with Crippen molar-refractivity contribution >= 4 is 49.8 Å². The Morgan fingerprint density at radius 2 is 2.37 bits per heavy atom. The lowest BCUT2D eigenvalue weighted by atomic mass is 10.4. The van der Waals surface area contributed by atoms with Gasteiger partial charge in [-0.1, -0.05) is 23.1 Å². The van der Waals surface area contributed by atoms with E-state index in [0.29, 0.717) is 16.3 Å². The van der Waals surface area contributed by atoms with Gasteiger partial charge in [0.1, 0.15) is 10.5 Å². The predicted octanol–water partition coefficient (Wildman–Crippen LogP) is 2.17. The first kappa shape index (κ1) is 12.6. The average molecular weight is 311 g/mol. The molecule has 0 atom stereocenters. The molecule has 3 aromatic heterocycles. The lowest BCUT2D eigenvalue weighted by Crippen LogP contribution is -2.09. The highest BCUT2D eigenvalue weighted by Gasteiger charge is 2.08. The van der Waals surface area contributed by atoms with Gasteiger partial charge >= 0.3 is 0 Å². The largest absolute Gasteiger partial charge is 0.363 e. The van der Waals surface area contributed by atoms with Gasteiger partial charge in [-0.15, -0.1) is 21.5 Å². The van der Waals surface area contributed by atoms with Crippen molar-refractivity contribution in [2.45, 2.75) is 10.1 Å². The minimum atomic E-state index is -0.0798. The van der Waals surface area contributed by atoms with Gasteiger partial charge in [-0.3, -0.25) is 4.79 Å². The number of hydrogen-bond acceptors (Lipinski definition) is 8. The van der Waals surface area contributed by atoms with Crippen LogP contribution in [-0.4, -0.2) is 27.2 Å². The molecular weight excluding hydrogens is 302 g/mol. The number of fused-ring (bicyclic) bond motifs is 1. The molecule has 2 N–H and O–H groups in total. The standard InChI is InChI=1S/C10H9N5OS3/c1-11-9-14-15-10(19-9)18-4-6-12-5-2-3-17-7(5)8(16)13-6/h2-3H,4H2,1H3,(H,11,14)(H,12,13,16). The van der Waals surface area contributed by atoms with Crippen molar-refractivity contribution in [2.24, 2.45) is 0 Å². The second-order valence-corrected chi connectivity index (χ2v) is 6.68. The molecule has 98 valence electrons. The number of hydrogen-bond donors (Lipinski definition) is 2. The Morgan fingerprint density at radius 3 is 3.16 bits per heavy atom. The molecule has 0 bridgehead atoms. The van der Waals surface area contributed by atoms with E-state index < -0.39 is 0 Å². The van der Waals surface area contributed by atoms with Crippen LogP contribution in [0.2, 0.25) is 0 Å². The monoisotopic (exact) mass is 311 g/mol. The molecule has 0 fully saturated rings. The van der Waals surface area contributed by atoms with Crippen molar-refractivity contribution in [1.82, 2.24) is 20.2 Å². The van der Waals surface area contributed by atoms with Gasteiger partial charge in [0, 0.05) is 7.05 Å². The van der Waals surface area contributed by atoms with Gasteiger partial charge in [0.25, 0.3) is 5.56 Å². The number of anilines is 1. The summed E-state index contributed by atoms with van der Waals surface area (Å²) < 4.78 is 1.51. The lowest BCUT2D eigenvalue weighted by Gasteiger charge is -1.98. The Hall–Kier alpha value is -1.45. The molecule has 0 aliphatic carbocycles. The van der Waals surface area contributed by atoms with Crippen LogP contribution >= 0.6 is 34.4 Å². The Labute approximate surface area is 120 Å². The molecular formula is C10H9N5OS3. The van der Waals surface area contributed by atoms with E-state index in [9.17, 15) is 4.79 Å². The van der Waals surface area contributed by atoms with Gasteiger partial charge in [-0.2, -0.15) is 0 Å². The summed E-state index contributed by atoms with van der Waals surface area (Å²) in [6, 6.07) is 1.85. The van der Waals surface area contributed by atoms with E-state index >= 15 is 0 Å². The van der Waals surface area contributed by atoms with Crippen LogP contribution in [-0.2, 0) is 5.75 Å². The highest BCUT2D eigenvalue weighted by Crippen LogP contribution is 2.27. The third kappa shape index (κ3) is 2.62. The molecule has 3 heterocycles. The van der Waals surface area contributed by atoms with E-state index in [0.717, 1.165) is 15.0 Å². The molecule has 19 heavy (non-hydrogen) atoms. The van der Waals surface area contributed by atoms with E-state index in [2.05, 4.69) is 25.5 Å². The number of nitrogens with zero attached hydrogens (tertiary/aromatic N) is 3. The maximum absolute atomic E-state index is 11.8. The van der Waals surface area contributed by atoms with Crippen LogP contribution in [0.1, 0.15) is 5.82 Å². The number of rotatable bonds is 4. The van der Waals surface area contributed by atoms with Gasteiger partial charge in [-0.05, 0) is 11.4 Å². The van der Waals surface area contributed by atoms with E-state index in [4.69, 9.17) is 0 Å². The van der Waals surface area contributed by atoms with Crippen molar-refractivity contribution in [3.63, 3.8) is 0 Å². The molecule has 0 unspecified atom stereocenters. The number of thioether (sulfide) groups is 1. The molecule has 0 aliphatic rings. The summed E-state index contributed by atoms with van der Waals surface area (Å²) in [5.41, 5.74) is 0.668. The second kappa shape index (κ2) is 5.27. The van der Waals surface area contributed by atoms with E-state index in [1.54, 1.807) is 7.05 Å². The molecule has 0 radical (unpaired) electrons. The molecule has 0 saturated carbocycles. The first-order valence-electron chi connectivity index (χ1n) is 5.36. The van der Waals surface area contributed by atoms with Gasteiger partial charge in [0.2, 0.25) is 5.13 Å². The van der Waals surface area contributed by atoms with E-state index in [1.807, 2.05) is 11.4 Å². The third-order valence-corrected chi connectivity index (χ3v) is 5.30. The molecule has 3 rings (SSSR count). The van der Waals surface area contributed by atoms with E-state index in [1.165, 1.54) is 34.4 Å². The van der Waals surface area contributed by atoms with Crippen LogP contribution in [0.3, 0.4) is 0 Å². The summed E-state index contributed by atoms with van der Waals surface area (Å²) in [6.07, 6.45) is 0. The van der Waals surface area contributed by atoms with Crippen molar-refractivity contribution in [3.8, 4) is 0 Å². The zero-order chi connectivity index (χ0) is 13.2. The minimum Gasteiger partial charge on any atom is -0.363 e. The lowest BCUT2D eigenvalue weighted by molar-refractivity contribution is 1.00. The van der Waals surface area contributed by atoms with Crippen LogP contribution in [0, 0.1) is 0 Å². The zero-order valence-electron chi connectivity index (χ0n) is 9.84. The number of H-pyrrole nitrogens is 1. The number of aromatic nitrogens is 4. The van der Waals surface area contributed by atoms with Gasteiger partial charge in [0.05, 0.1) is 11.3 Å². The maximum Gasteiger partial charge on any atom is 0.268 e. The number of nitrogens with one attached hydrogen (secondary N) is 2. The average Bonchev–Trinajstić information content (AvgIpc) is 3.05. The summed E-state index contributed by atoms with van der Waals surface area (Å²) in [6.45, 7) is 0. The summed E-state index contributed by atoms with van der Waals surface area (Å²) in [7, 11) is 1.80. The summed E-state index contributed by atoms with van der Waals surface area (Å²) >= 11 is 4.38. The quantitative estimate of drug-likeness (QED) is 0.719. The molecule has 0 amide bonds. The number of aromatic amines is 1. The summed E-state index contributed by atoms with van der Waals surface area (Å²) in [4.78, 5) is 19.0. The molecule has 3 aromatic rings. The van der Waals surface area contributed by atoms with Crippen molar-refractivity contribution in [1.29, 1.82) is 0 Å². The van der Waals surface area contributed by atoms with Crippen LogP contribution < -0.4 is 10.9 Å². The molecule has 0 spiro atoms. The molecule has 9 heteroatoms. The van der Waals surface area contributed by atoms with Crippen LogP contribution in [0.4, 0.5) is 5.13 Å². The zero-order valence-corrected chi connectivity index (χ0v) is 12.3. The van der Waals surface area contributed by atoms with Crippen LogP contribution in [0.5, 0.6) is 0 Å². The fraction of sp³-hybridized carbons (Fsp3) is 0.200. The predicted molar refractivity (Wildman–Crippen MR) is 79.3 cm³/mol. The van der Waals surface area contributed by atoms with E-state index in [-0.39, 0.29) is 5.56 Å². The first-order chi connectivity index (χ1) is 9.26. The van der Waals surface area contributed by atoms with Gasteiger partial charge in [-0.25, -0.2) is 4.98 Å². The third-order valence-electron chi connectivity index (χ3n) is 2.32. The van der Waals surface area contributed by atoms with Gasteiger partial charge < -0.3 is 10.3 Å². The number of thiophene rings is 1. The van der Waals surface area contributed by atoms with Crippen LogP contribution in [0.25, 0.3) is 10.2 Å². The SMILES string of the molecule is CNc1nnc(SCc2nc3ccsc3c(=O)[nH]2)s1. The molecule has 6 nitrogen and oxygen atoms in total. The Balaban J connectivity index is 1.79. The van der Waals surface area contributed by atoms with Crippen molar-refractivity contribution < 1.29 is 0 Å². The topological polar surface area (TPSA) is 83.6 Å². The van der Waals surface area contributed by atoms with Crippen molar-refractivity contribution in [3.05, 3.63) is 27.6 Å². The highest BCUT2D eigenvalue weighted by molar-refractivity contribution is 8.00. The normalized spacial score (nSPS) is 11.0. The fourth-order valence-corrected chi connectivity index (χ4v) is 3.79. The van der Waals surface area contributed by atoms with Crippen molar-refractivity contribution in [2.75, 3.05) is 12.4 Å². The summed E-state index contributed by atoms with van der Waals surface area (Å²) in [5, 5.41) is 13.6.